The zero-order valence-corrected chi connectivity index (χ0v) is 11.5. The number of rotatable bonds is 7. The molecule has 1 aromatic rings. The molecule has 5 heteroatoms. The number of methoxy groups -OCH3 is 1. The van der Waals surface area contributed by atoms with Crippen LogP contribution in [0.4, 0.5) is 0 Å². The maximum atomic E-state index is 11.6. The fraction of sp³-hybridized carbons (Fsp3) is 0.333. The predicted molar refractivity (Wildman–Crippen MR) is 71.4 cm³/mol. The van der Waals surface area contributed by atoms with Gasteiger partial charge < -0.3 is 4.74 Å². The molecule has 5 nitrogen and oxygen atoms in total. The summed E-state index contributed by atoms with van der Waals surface area (Å²) in [5, 5.41) is 0. The standard InChI is InChI=1S/C15H16O5/c1-10(16)9-14(18)13(17)8-7-11-5-3-4-6-12(11)15(19)20-2/h3-6H,7-9H2,1-2H3. The van der Waals surface area contributed by atoms with Gasteiger partial charge in [0.05, 0.1) is 19.1 Å². The van der Waals surface area contributed by atoms with Crippen molar-refractivity contribution >= 4 is 23.3 Å². The lowest BCUT2D eigenvalue weighted by Crippen LogP contribution is -2.17. The Morgan fingerprint density at radius 3 is 2.30 bits per heavy atom. The summed E-state index contributed by atoms with van der Waals surface area (Å²) in [5.41, 5.74) is 1.02. The van der Waals surface area contributed by atoms with E-state index in [2.05, 4.69) is 4.74 Å². The summed E-state index contributed by atoms with van der Waals surface area (Å²) in [6, 6.07) is 6.74. The molecule has 0 aromatic heterocycles. The third-order valence-corrected chi connectivity index (χ3v) is 2.76. The summed E-state index contributed by atoms with van der Waals surface area (Å²) in [5.74, 6) is -2.10. The fourth-order valence-corrected chi connectivity index (χ4v) is 1.76. The average Bonchev–Trinajstić information content (AvgIpc) is 2.43. The third kappa shape index (κ3) is 4.42. The molecule has 20 heavy (non-hydrogen) atoms. The summed E-state index contributed by atoms with van der Waals surface area (Å²) >= 11 is 0. The van der Waals surface area contributed by atoms with Gasteiger partial charge in [-0.05, 0) is 25.0 Å². The molecule has 0 N–H and O–H groups in total. The van der Waals surface area contributed by atoms with Crippen molar-refractivity contribution in [2.45, 2.75) is 26.2 Å². The van der Waals surface area contributed by atoms with E-state index in [0.717, 1.165) is 0 Å². The lowest BCUT2D eigenvalue weighted by molar-refractivity contribution is -0.138. The second kappa shape index (κ2) is 7.33. The monoisotopic (exact) mass is 276 g/mol. The Morgan fingerprint density at radius 2 is 1.70 bits per heavy atom. The van der Waals surface area contributed by atoms with Crippen LogP contribution in [0.25, 0.3) is 0 Å². The van der Waals surface area contributed by atoms with Crippen molar-refractivity contribution in [3.8, 4) is 0 Å². The maximum absolute atomic E-state index is 11.6. The van der Waals surface area contributed by atoms with E-state index >= 15 is 0 Å². The molecule has 1 aromatic carbocycles. The quantitative estimate of drug-likeness (QED) is 0.428. The number of hydrogen-bond donors (Lipinski definition) is 0. The number of Topliss-reactive ketones (excluding diaryl/α,β-unsaturated/α-hetero) is 3. The van der Waals surface area contributed by atoms with Crippen LogP contribution in [0.1, 0.15) is 35.7 Å². The van der Waals surface area contributed by atoms with Crippen molar-refractivity contribution in [3.63, 3.8) is 0 Å². The molecule has 0 heterocycles. The van der Waals surface area contributed by atoms with Gasteiger partial charge in [-0.1, -0.05) is 18.2 Å². The van der Waals surface area contributed by atoms with Gasteiger partial charge in [0.15, 0.2) is 5.78 Å². The van der Waals surface area contributed by atoms with Crippen molar-refractivity contribution < 1.29 is 23.9 Å². The average molecular weight is 276 g/mol. The van der Waals surface area contributed by atoms with E-state index in [-0.39, 0.29) is 25.0 Å². The van der Waals surface area contributed by atoms with Crippen LogP contribution in [-0.2, 0) is 25.5 Å². The summed E-state index contributed by atoms with van der Waals surface area (Å²) in [7, 11) is 1.28. The van der Waals surface area contributed by atoms with E-state index in [4.69, 9.17) is 0 Å². The van der Waals surface area contributed by atoms with Crippen molar-refractivity contribution in [1.82, 2.24) is 0 Å². The third-order valence-electron chi connectivity index (χ3n) is 2.76. The number of aryl methyl sites for hydroxylation is 1. The smallest absolute Gasteiger partial charge is 0.338 e. The lowest BCUT2D eigenvalue weighted by Gasteiger charge is -2.06. The number of ether oxygens (including phenoxy) is 1. The molecule has 0 saturated heterocycles. The molecular formula is C15H16O5. The van der Waals surface area contributed by atoms with E-state index in [9.17, 15) is 19.2 Å². The van der Waals surface area contributed by atoms with Crippen LogP contribution < -0.4 is 0 Å². The number of carbonyl (C=O) groups is 4. The second-order valence-electron chi connectivity index (χ2n) is 4.37. The minimum Gasteiger partial charge on any atom is -0.465 e. The Hall–Kier alpha value is -2.30. The molecule has 0 fully saturated rings. The normalized spacial score (nSPS) is 9.90. The summed E-state index contributed by atoms with van der Waals surface area (Å²) in [4.78, 5) is 45.3. The molecule has 0 bridgehead atoms. The number of ketones is 3. The maximum Gasteiger partial charge on any atom is 0.338 e. The first-order chi connectivity index (χ1) is 9.45. The van der Waals surface area contributed by atoms with Gasteiger partial charge in [-0.2, -0.15) is 0 Å². The molecule has 1 rings (SSSR count). The number of hydrogen-bond acceptors (Lipinski definition) is 5. The van der Waals surface area contributed by atoms with Gasteiger partial charge in [0.1, 0.15) is 5.78 Å². The first-order valence-corrected chi connectivity index (χ1v) is 6.17. The van der Waals surface area contributed by atoms with Crippen LogP contribution in [0.5, 0.6) is 0 Å². The highest BCUT2D eigenvalue weighted by Crippen LogP contribution is 2.13. The topological polar surface area (TPSA) is 77.5 Å². The van der Waals surface area contributed by atoms with Crippen LogP contribution in [0.3, 0.4) is 0 Å². The van der Waals surface area contributed by atoms with Crippen molar-refractivity contribution in [3.05, 3.63) is 35.4 Å². The SMILES string of the molecule is COC(=O)c1ccccc1CCC(=O)C(=O)CC(C)=O. The molecule has 0 atom stereocenters. The van der Waals surface area contributed by atoms with Crippen LogP contribution in [0, 0.1) is 0 Å². The molecular weight excluding hydrogens is 260 g/mol. The minimum atomic E-state index is -0.687. The molecule has 0 radical (unpaired) electrons. The van der Waals surface area contributed by atoms with Gasteiger partial charge in [0.2, 0.25) is 5.78 Å². The molecule has 0 spiro atoms. The highest BCUT2D eigenvalue weighted by Gasteiger charge is 2.17. The van der Waals surface area contributed by atoms with Crippen LogP contribution >= 0.6 is 0 Å². The van der Waals surface area contributed by atoms with Crippen LogP contribution in [0.2, 0.25) is 0 Å². The minimum absolute atomic E-state index is 0.0277. The molecule has 106 valence electrons. The first-order valence-electron chi connectivity index (χ1n) is 6.17. The zero-order valence-electron chi connectivity index (χ0n) is 11.5. The van der Waals surface area contributed by atoms with E-state index < -0.39 is 17.5 Å². The molecule has 0 aliphatic carbocycles. The van der Waals surface area contributed by atoms with Crippen LogP contribution in [-0.4, -0.2) is 30.4 Å². The highest BCUT2D eigenvalue weighted by atomic mass is 16.5. The Morgan fingerprint density at radius 1 is 1.05 bits per heavy atom. The van der Waals surface area contributed by atoms with Gasteiger partial charge >= 0.3 is 5.97 Å². The summed E-state index contributed by atoms with van der Waals surface area (Å²) in [6.45, 7) is 1.26. The van der Waals surface area contributed by atoms with E-state index in [0.29, 0.717) is 11.1 Å². The zero-order chi connectivity index (χ0) is 15.1. The Kier molecular flexibility index (Phi) is 5.77. The summed E-state index contributed by atoms with van der Waals surface area (Å²) < 4.78 is 4.65. The second-order valence-corrected chi connectivity index (χ2v) is 4.37. The first kappa shape index (κ1) is 15.8. The van der Waals surface area contributed by atoms with Gasteiger partial charge in [0, 0.05) is 6.42 Å². The van der Waals surface area contributed by atoms with E-state index in [1.54, 1.807) is 24.3 Å². The lowest BCUT2D eigenvalue weighted by atomic mass is 9.99. The summed E-state index contributed by atoms with van der Waals surface area (Å²) in [6.07, 6.45) is -0.134. The Labute approximate surface area is 116 Å². The fourth-order valence-electron chi connectivity index (χ4n) is 1.76. The number of carbonyl (C=O) groups excluding carboxylic acids is 4. The molecule has 0 amide bonds. The van der Waals surface area contributed by atoms with E-state index in [1.807, 2.05) is 0 Å². The predicted octanol–water partition coefficient (Wildman–Crippen LogP) is 1.52. The molecule has 0 aliphatic rings. The Bertz CT molecular complexity index is 545. The highest BCUT2D eigenvalue weighted by molar-refractivity contribution is 6.40. The number of benzene rings is 1. The molecule has 0 aliphatic heterocycles. The van der Waals surface area contributed by atoms with E-state index in [1.165, 1.54) is 14.0 Å². The van der Waals surface area contributed by atoms with Crippen molar-refractivity contribution in [1.29, 1.82) is 0 Å². The molecule has 0 saturated carbocycles. The Balaban J connectivity index is 2.71. The number of esters is 1. The largest absolute Gasteiger partial charge is 0.465 e. The van der Waals surface area contributed by atoms with Gasteiger partial charge in [0.25, 0.3) is 0 Å². The van der Waals surface area contributed by atoms with Crippen molar-refractivity contribution in [2.75, 3.05) is 7.11 Å². The van der Waals surface area contributed by atoms with Gasteiger partial charge in [-0.15, -0.1) is 0 Å². The van der Waals surface area contributed by atoms with Gasteiger partial charge in [-0.3, -0.25) is 14.4 Å². The van der Waals surface area contributed by atoms with Crippen LogP contribution in [0.15, 0.2) is 24.3 Å². The molecule has 0 unspecified atom stereocenters. The van der Waals surface area contributed by atoms with Gasteiger partial charge in [-0.25, -0.2) is 4.79 Å². The van der Waals surface area contributed by atoms with Crippen molar-refractivity contribution in [2.24, 2.45) is 0 Å².